The van der Waals surface area contributed by atoms with Crippen LogP contribution in [-0.2, 0) is 11.2 Å². The average molecular weight is 329 g/mol. The van der Waals surface area contributed by atoms with Crippen LogP contribution in [0.1, 0.15) is 38.3 Å². The van der Waals surface area contributed by atoms with Gasteiger partial charge in [0.25, 0.3) is 0 Å². The zero-order chi connectivity index (χ0) is 16.2. The fourth-order valence-corrected chi connectivity index (χ4v) is 4.16. The van der Waals surface area contributed by atoms with Gasteiger partial charge in [-0.3, -0.25) is 9.78 Å². The van der Waals surface area contributed by atoms with Crippen molar-refractivity contribution < 1.29 is 4.79 Å². The lowest BCUT2D eigenvalue weighted by Gasteiger charge is -2.36. The van der Waals surface area contributed by atoms with E-state index in [4.69, 9.17) is 0 Å². The first-order chi connectivity index (χ1) is 11.1. The summed E-state index contributed by atoms with van der Waals surface area (Å²) in [5.41, 5.74) is 1.86. The maximum Gasteiger partial charge on any atom is 0.228 e. The van der Waals surface area contributed by atoms with Crippen LogP contribution in [0.25, 0.3) is 10.6 Å². The molecule has 0 radical (unpaired) electrons. The Morgan fingerprint density at radius 3 is 2.96 bits per heavy atom. The van der Waals surface area contributed by atoms with Crippen LogP contribution in [0.4, 0.5) is 0 Å². The Balaban J connectivity index is 1.65. The minimum Gasteiger partial charge on any atom is -0.342 e. The molecule has 1 amide bonds. The minimum absolute atomic E-state index is 0.173. The second-order valence-corrected chi connectivity index (χ2v) is 7.25. The van der Waals surface area contributed by atoms with Gasteiger partial charge in [0, 0.05) is 36.4 Å². The quantitative estimate of drug-likeness (QED) is 0.857. The van der Waals surface area contributed by atoms with Crippen LogP contribution in [0.15, 0.2) is 29.9 Å². The number of aromatic nitrogens is 2. The van der Waals surface area contributed by atoms with Crippen LogP contribution in [0.2, 0.25) is 0 Å². The van der Waals surface area contributed by atoms with Crippen LogP contribution in [0.3, 0.4) is 0 Å². The molecule has 0 spiro atoms. The highest BCUT2D eigenvalue weighted by molar-refractivity contribution is 7.13. The van der Waals surface area contributed by atoms with Gasteiger partial charge in [0.2, 0.25) is 5.91 Å². The highest BCUT2D eigenvalue weighted by Gasteiger charge is 2.28. The van der Waals surface area contributed by atoms with Crippen molar-refractivity contribution in [3.63, 3.8) is 0 Å². The van der Waals surface area contributed by atoms with E-state index in [9.17, 15) is 4.79 Å². The van der Waals surface area contributed by atoms with Crippen LogP contribution >= 0.6 is 11.3 Å². The Hall–Kier alpha value is -1.75. The van der Waals surface area contributed by atoms with Crippen LogP contribution in [0, 0.1) is 5.92 Å². The lowest BCUT2D eigenvalue weighted by Crippen LogP contribution is -2.43. The van der Waals surface area contributed by atoms with E-state index in [0.717, 1.165) is 22.7 Å². The molecule has 2 aromatic heterocycles. The Morgan fingerprint density at radius 1 is 1.39 bits per heavy atom. The normalized spacial score (nSPS) is 21.1. The monoisotopic (exact) mass is 329 g/mol. The van der Waals surface area contributed by atoms with Gasteiger partial charge < -0.3 is 4.90 Å². The summed E-state index contributed by atoms with van der Waals surface area (Å²) in [5.74, 6) is 0.769. The number of hydrogen-bond donors (Lipinski definition) is 0. The number of carbonyl (C=O) groups is 1. The second-order valence-electron chi connectivity index (χ2n) is 6.40. The summed E-state index contributed by atoms with van der Waals surface area (Å²) in [7, 11) is 1.95. The van der Waals surface area contributed by atoms with E-state index in [1.807, 2.05) is 29.5 Å². The maximum absolute atomic E-state index is 12.6. The van der Waals surface area contributed by atoms with Gasteiger partial charge in [-0.25, -0.2) is 4.98 Å². The van der Waals surface area contributed by atoms with Gasteiger partial charge in [0.05, 0.1) is 12.1 Å². The molecule has 2 heterocycles. The number of carbonyl (C=O) groups excluding carboxylic acids is 1. The number of hydrogen-bond acceptors (Lipinski definition) is 4. The molecule has 2 aromatic rings. The number of rotatable bonds is 4. The molecular formula is C18H23N3OS. The first-order valence-electron chi connectivity index (χ1n) is 8.25. The molecule has 0 N–H and O–H groups in total. The van der Waals surface area contributed by atoms with E-state index in [0.29, 0.717) is 18.4 Å². The predicted octanol–water partition coefficient (Wildman–Crippen LogP) is 3.78. The third kappa shape index (κ3) is 3.78. The lowest BCUT2D eigenvalue weighted by molar-refractivity contribution is -0.132. The van der Waals surface area contributed by atoms with E-state index in [2.05, 4.69) is 16.9 Å². The van der Waals surface area contributed by atoms with Gasteiger partial charge in [0.15, 0.2) is 0 Å². The van der Waals surface area contributed by atoms with E-state index in [1.165, 1.54) is 19.3 Å². The minimum atomic E-state index is 0.173. The summed E-state index contributed by atoms with van der Waals surface area (Å²) in [6.07, 6.45) is 8.82. The Morgan fingerprint density at radius 2 is 2.22 bits per heavy atom. The van der Waals surface area contributed by atoms with Gasteiger partial charge >= 0.3 is 0 Å². The van der Waals surface area contributed by atoms with E-state index in [1.54, 1.807) is 23.7 Å². The molecule has 2 atom stereocenters. The molecule has 1 aliphatic carbocycles. The predicted molar refractivity (Wildman–Crippen MR) is 93.2 cm³/mol. The Kier molecular flexibility index (Phi) is 5.06. The summed E-state index contributed by atoms with van der Waals surface area (Å²) in [6.45, 7) is 2.26. The molecule has 2 unspecified atom stereocenters. The van der Waals surface area contributed by atoms with Crippen LogP contribution in [-0.4, -0.2) is 33.9 Å². The molecule has 0 saturated heterocycles. The SMILES string of the molecule is CC1CCCCC1N(C)C(=O)Cc1csc(-c2cccnc2)n1. The molecule has 0 aliphatic heterocycles. The van der Waals surface area contributed by atoms with Crippen molar-refractivity contribution in [1.82, 2.24) is 14.9 Å². The smallest absolute Gasteiger partial charge is 0.228 e. The number of amides is 1. The van der Waals surface area contributed by atoms with Gasteiger partial charge in [0.1, 0.15) is 5.01 Å². The zero-order valence-corrected chi connectivity index (χ0v) is 14.6. The second kappa shape index (κ2) is 7.21. The number of pyridine rings is 1. The maximum atomic E-state index is 12.6. The van der Waals surface area contributed by atoms with Gasteiger partial charge in [-0.2, -0.15) is 0 Å². The topological polar surface area (TPSA) is 46.1 Å². The van der Waals surface area contributed by atoms with Gasteiger partial charge in [-0.05, 0) is 30.9 Å². The first kappa shape index (κ1) is 16.1. The molecule has 5 heteroatoms. The molecule has 122 valence electrons. The van der Waals surface area contributed by atoms with Crippen molar-refractivity contribution >= 4 is 17.2 Å². The molecule has 1 saturated carbocycles. The standard InChI is InChI=1S/C18H23N3OS/c1-13-6-3-4-8-16(13)21(2)17(22)10-15-12-23-18(20-15)14-7-5-9-19-11-14/h5,7,9,11-13,16H,3-4,6,8,10H2,1-2H3. The molecule has 1 fully saturated rings. The van der Waals surface area contributed by atoms with Crippen LogP contribution in [0.5, 0.6) is 0 Å². The Bertz CT molecular complexity index is 655. The van der Waals surface area contributed by atoms with Crippen molar-refractivity contribution in [3.05, 3.63) is 35.6 Å². The van der Waals surface area contributed by atoms with Crippen molar-refractivity contribution in [2.75, 3.05) is 7.05 Å². The lowest BCUT2D eigenvalue weighted by atomic mass is 9.85. The highest BCUT2D eigenvalue weighted by Crippen LogP contribution is 2.28. The first-order valence-corrected chi connectivity index (χ1v) is 9.13. The number of nitrogens with zero attached hydrogens (tertiary/aromatic N) is 3. The summed E-state index contributed by atoms with van der Waals surface area (Å²) in [4.78, 5) is 23.3. The van der Waals surface area contributed by atoms with Crippen molar-refractivity contribution in [2.45, 2.75) is 45.1 Å². The summed E-state index contributed by atoms with van der Waals surface area (Å²) >= 11 is 1.57. The summed E-state index contributed by atoms with van der Waals surface area (Å²) < 4.78 is 0. The summed E-state index contributed by atoms with van der Waals surface area (Å²) in [6, 6.07) is 4.28. The fourth-order valence-electron chi connectivity index (χ4n) is 3.35. The van der Waals surface area contributed by atoms with Crippen LogP contribution < -0.4 is 0 Å². The third-order valence-electron chi connectivity index (χ3n) is 4.75. The van der Waals surface area contributed by atoms with Crippen molar-refractivity contribution in [1.29, 1.82) is 0 Å². The van der Waals surface area contributed by atoms with Crippen molar-refractivity contribution in [3.8, 4) is 10.6 Å². The van der Waals surface area contributed by atoms with E-state index >= 15 is 0 Å². The molecule has 0 aromatic carbocycles. The molecular weight excluding hydrogens is 306 g/mol. The molecule has 23 heavy (non-hydrogen) atoms. The zero-order valence-electron chi connectivity index (χ0n) is 13.7. The van der Waals surface area contributed by atoms with Gasteiger partial charge in [-0.1, -0.05) is 19.8 Å². The average Bonchev–Trinajstić information content (AvgIpc) is 3.04. The summed E-state index contributed by atoms with van der Waals surface area (Å²) in [5, 5.41) is 2.91. The molecule has 0 bridgehead atoms. The van der Waals surface area contributed by atoms with Gasteiger partial charge in [-0.15, -0.1) is 11.3 Å². The molecule has 3 rings (SSSR count). The third-order valence-corrected chi connectivity index (χ3v) is 5.69. The largest absolute Gasteiger partial charge is 0.342 e. The van der Waals surface area contributed by atoms with E-state index in [-0.39, 0.29) is 5.91 Å². The highest BCUT2D eigenvalue weighted by atomic mass is 32.1. The van der Waals surface area contributed by atoms with Crippen molar-refractivity contribution in [2.24, 2.45) is 5.92 Å². The number of thiazole rings is 1. The fraction of sp³-hybridized carbons (Fsp3) is 0.500. The molecule has 4 nitrogen and oxygen atoms in total. The Labute approximate surface area is 141 Å². The number of likely N-dealkylation sites (N-methyl/N-ethyl adjacent to an activating group) is 1. The van der Waals surface area contributed by atoms with E-state index < -0.39 is 0 Å². The molecule has 1 aliphatic rings.